The number of hydrogen-bond donors (Lipinski definition) is 1. The number of ether oxygens (including phenoxy) is 4. The molecule has 4 atom stereocenters. The van der Waals surface area contributed by atoms with E-state index in [-0.39, 0.29) is 29.3 Å². The molecule has 0 aliphatic carbocycles. The molecule has 0 aromatic heterocycles. The molecule has 1 N–H and O–H groups in total. The van der Waals surface area contributed by atoms with Crippen molar-refractivity contribution in [2.45, 2.75) is 71.2 Å². The molecule has 2 saturated heterocycles. The number of aliphatic imine (C=N–C) groups is 1. The van der Waals surface area contributed by atoms with Crippen LogP contribution in [-0.2, 0) is 0 Å². The van der Waals surface area contributed by atoms with Gasteiger partial charge in [0.2, 0.25) is 0 Å². The Kier molecular flexibility index (Phi) is 9.90. The maximum absolute atomic E-state index is 13.5. The molecule has 0 radical (unpaired) electrons. The molecule has 4 heterocycles. The minimum Gasteiger partial charge on any atom is -0.493 e. The normalized spacial score (nSPS) is 22.1. The molecule has 4 aliphatic heterocycles. The molecule has 11 heteroatoms. The van der Waals surface area contributed by atoms with Gasteiger partial charge >= 0.3 is 0 Å². The molecule has 0 saturated carbocycles. The van der Waals surface area contributed by atoms with Gasteiger partial charge in [0.05, 0.1) is 62.0 Å². The predicted octanol–water partition coefficient (Wildman–Crippen LogP) is 6.02. The third-order valence-electron chi connectivity index (χ3n) is 10.4. The first-order valence-corrected chi connectivity index (χ1v) is 17.4. The van der Waals surface area contributed by atoms with Crippen LogP contribution in [-0.4, -0.2) is 98.8 Å². The Labute approximate surface area is 295 Å². The summed E-state index contributed by atoms with van der Waals surface area (Å²) in [7, 11) is 4.94. The minimum atomic E-state index is -0.859. The van der Waals surface area contributed by atoms with Crippen molar-refractivity contribution in [1.82, 2.24) is 9.80 Å². The summed E-state index contributed by atoms with van der Waals surface area (Å²) in [5.74, 6) is 2.26. The Morgan fingerprint density at radius 3 is 2.26 bits per heavy atom. The lowest BCUT2D eigenvalue weighted by Crippen LogP contribution is -2.47. The minimum absolute atomic E-state index is 0.0711. The van der Waals surface area contributed by atoms with Gasteiger partial charge in [-0.2, -0.15) is 0 Å². The highest BCUT2D eigenvalue weighted by atomic mass is 16.5. The van der Waals surface area contributed by atoms with Crippen molar-refractivity contribution in [1.29, 1.82) is 0 Å². The smallest absolute Gasteiger partial charge is 0.257 e. The molecule has 2 amide bonds. The van der Waals surface area contributed by atoms with Gasteiger partial charge in [0.1, 0.15) is 6.23 Å². The van der Waals surface area contributed by atoms with Gasteiger partial charge in [0, 0.05) is 38.5 Å². The molecule has 6 rings (SSSR count). The van der Waals surface area contributed by atoms with E-state index in [1.165, 1.54) is 0 Å². The van der Waals surface area contributed by atoms with Crippen LogP contribution >= 0.6 is 0 Å². The molecule has 4 aliphatic rings. The predicted molar refractivity (Wildman–Crippen MR) is 193 cm³/mol. The topological polar surface area (TPSA) is 113 Å². The number of benzene rings is 2. The number of fused-ring (bicyclic) bond motifs is 4. The van der Waals surface area contributed by atoms with E-state index in [1.54, 1.807) is 55.3 Å². The highest BCUT2D eigenvalue weighted by Gasteiger charge is 2.43. The van der Waals surface area contributed by atoms with Crippen LogP contribution < -0.4 is 23.8 Å². The van der Waals surface area contributed by atoms with E-state index in [1.807, 2.05) is 11.1 Å². The third kappa shape index (κ3) is 6.92. The third-order valence-corrected chi connectivity index (χ3v) is 10.4. The number of aliphatic hydroxyl groups is 1. The van der Waals surface area contributed by atoms with Gasteiger partial charge in [0.25, 0.3) is 11.8 Å². The highest BCUT2D eigenvalue weighted by molar-refractivity contribution is 6.04. The fourth-order valence-corrected chi connectivity index (χ4v) is 7.26. The maximum atomic E-state index is 13.5. The van der Waals surface area contributed by atoms with E-state index in [0.717, 1.165) is 36.8 Å². The summed E-state index contributed by atoms with van der Waals surface area (Å²) in [5.41, 5.74) is 4.01. The summed E-state index contributed by atoms with van der Waals surface area (Å²) >= 11 is 0. The number of hydrogen-bond acceptors (Lipinski definition) is 9. The Bertz CT molecular complexity index is 1720. The molecule has 1 unspecified atom stereocenters. The quantitative estimate of drug-likeness (QED) is 0.270. The first kappa shape index (κ1) is 35.3. The molecular formula is C39H50N4O7. The second-order valence-corrected chi connectivity index (χ2v) is 15.0. The van der Waals surface area contributed by atoms with Crippen molar-refractivity contribution in [2.75, 3.05) is 52.5 Å². The molecule has 268 valence electrons. The van der Waals surface area contributed by atoms with Crippen LogP contribution in [0.15, 0.2) is 53.6 Å². The van der Waals surface area contributed by atoms with Crippen LogP contribution in [0.1, 0.15) is 73.6 Å². The Hall–Kier alpha value is -4.51. The number of carbonyl (C=O) groups is 2. The number of aliphatic hydroxyl groups excluding tert-OH is 1. The van der Waals surface area contributed by atoms with Crippen molar-refractivity contribution < 1.29 is 33.6 Å². The van der Waals surface area contributed by atoms with Gasteiger partial charge in [0.15, 0.2) is 23.0 Å². The van der Waals surface area contributed by atoms with Crippen LogP contribution in [0.2, 0.25) is 0 Å². The maximum Gasteiger partial charge on any atom is 0.257 e. The van der Waals surface area contributed by atoms with Gasteiger partial charge in [-0.15, -0.1) is 0 Å². The van der Waals surface area contributed by atoms with Gasteiger partial charge in [-0.05, 0) is 55.6 Å². The van der Waals surface area contributed by atoms with Crippen LogP contribution in [0.4, 0.5) is 11.4 Å². The van der Waals surface area contributed by atoms with Crippen molar-refractivity contribution >= 4 is 29.4 Å². The van der Waals surface area contributed by atoms with Crippen molar-refractivity contribution in [3.05, 3.63) is 59.7 Å². The largest absolute Gasteiger partial charge is 0.493 e. The van der Waals surface area contributed by atoms with Crippen molar-refractivity contribution in [2.24, 2.45) is 16.3 Å². The van der Waals surface area contributed by atoms with Crippen LogP contribution in [0.25, 0.3) is 0 Å². The van der Waals surface area contributed by atoms with E-state index in [4.69, 9.17) is 18.9 Å². The second kappa shape index (κ2) is 14.0. The fraction of sp³-hybridized carbons (Fsp3) is 0.513. The van der Waals surface area contributed by atoms with Crippen LogP contribution in [0.5, 0.6) is 23.0 Å². The van der Waals surface area contributed by atoms with E-state index in [2.05, 4.69) is 38.9 Å². The van der Waals surface area contributed by atoms with Crippen molar-refractivity contribution in [3.8, 4) is 23.0 Å². The fourth-order valence-electron chi connectivity index (χ4n) is 7.26. The van der Waals surface area contributed by atoms with E-state index < -0.39 is 6.23 Å². The molecule has 50 heavy (non-hydrogen) atoms. The van der Waals surface area contributed by atoms with Gasteiger partial charge in [-0.25, -0.2) is 0 Å². The number of carbonyl (C=O) groups excluding carboxylic acids is 2. The van der Waals surface area contributed by atoms with Gasteiger partial charge in [-0.1, -0.05) is 45.1 Å². The first-order valence-electron chi connectivity index (χ1n) is 17.4. The molecule has 2 aromatic carbocycles. The molecular weight excluding hydrogens is 636 g/mol. The van der Waals surface area contributed by atoms with Crippen molar-refractivity contribution in [3.63, 3.8) is 0 Å². The standard InChI is InChI=1S/C39H50N4O7/c1-23(10-12-49-35-18-30-28(16-33(35)48-8)37(45)43-21-25(3)14-31(43)38(46)41(30)6)9-11-39(4,5)22-50-34-17-29-27(15-32(34)47-7)36(44)42-20-24(2)13-26(42)19-40-29/h15-19,23,26,31,38,46H,2-3,9-14,20-22H2,1,4-8H3/t23?,26-,31-,38-/m0/s1. The molecule has 11 nitrogen and oxygen atoms in total. The zero-order valence-electron chi connectivity index (χ0n) is 30.2. The van der Waals surface area contributed by atoms with Gasteiger partial charge in [-0.3, -0.25) is 14.6 Å². The Balaban J connectivity index is 1.04. The average Bonchev–Trinajstić information content (AvgIpc) is 3.64. The molecule has 0 spiro atoms. The lowest BCUT2D eigenvalue weighted by molar-refractivity contribution is 0.0527. The Morgan fingerprint density at radius 2 is 1.54 bits per heavy atom. The number of amides is 2. The first-order chi connectivity index (χ1) is 23.8. The number of rotatable bonds is 12. The van der Waals surface area contributed by atoms with Crippen LogP contribution in [0.3, 0.4) is 0 Å². The van der Waals surface area contributed by atoms with E-state index >= 15 is 0 Å². The monoisotopic (exact) mass is 686 g/mol. The SMILES string of the molecule is C=C1C[C@H]2C=Nc3cc(OCC(C)(C)CCC(C)CCOc4cc5c(cc4OC)C(=O)N4CC(=C)C[C@H]4[C@H](O)N5C)c(OC)cc3C(=O)N2C1. The van der Waals surface area contributed by atoms with E-state index in [9.17, 15) is 14.7 Å². The number of anilines is 1. The second-order valence-electron chi connectivity index (χ2n) is 15.0. The lowest BCUT2D eigenvalue weighted by atomic mass is 9.85. The summed E-state index contributed by atoms with van der Waals surface area (Å²) in [4.78, 5) is 36.7. The summed E-state index contributed by atoms with van der Waals surface area (Å²) in [6, 6.07) is 6.64. The van der Waals surface area contributed by atoms with Gasteiger partial charge < -0.3 is 38.8 Å². The van der Waals surface area contributed by atoms with Crippen LogP contribution in [0, 0.1) is 11.3 Å². The molecule has 2 aromatic rings. The number of likely N-dealkylation sites (N-methyl/N-ethyl adjacent to an activating group) is 1. The zero-order chi connectivity index (χ0) is 35.9. The average molecular weight is 687 g/mol. The highest BCUT2D eigenvalue weighted by Crippen LogP contribution is 2.42. The molecule has 2 fully saturated rings. The summed E-state index contributed by atoms with van der Waals surface area (Å²) in [6.45, 7) is 16.6. The molecule has 0 bridgehead atoms. The Morgan fingerprint density at radius 1 is 0.900 bits per heavy atom. The van der Waals surface area contributed by atoms with E-state index in [0.29, 0.717) is 84.1 Å². The summed E-state index contributed by atoms with van der Waals surface area (Å²) in [5, 5.41) is 11.1. The zero-order valence-corrected chi connectivity index (χ0v) is 30.2. The summed E-state index contributed by atoms with van der Waals surface area (Å²) < 4.78 is 23.8. The summed E-state index contributed by atoms with van der Waals surface area (Å²) in [6.07, 6.45) is 4.99. The number of nitrogens with zero attached hydrogens (tertiary/aromatic N) is 4. The lowest BCUT2D eigenvalue weighted by Gasteiger charge is -2.30. The number of methoxy groups -OCH3 is 2.